The maximum atomic E-state index is 12.8. The highest BCUT2D eigenvalue weighted by Gasteiger charge is 2.16. The van der Waals surface area contributed by atoms with Gasteiger partial charge in [-0.2, -0.15) is 5.10 Å². The quantitative estimate of drug-likeness (QED) is 0.200. The van der Waals surface area contributed by atoms with Crippen molar-refractivity contribution >= 4 is 40.5 Å². The van der Waals surface area contributed by atoms with Crippen LogP contribution in [0.3, 0.4) is 0 Å². The SMILES string of the molecule is Cc1ccc(OCn2ccc(C(=O)Nc3cc(Oc4ccc(Cl)cc4Cl)cc([N+](=O)[O-])c3)n2)c(C)c1. The number of rotatable bonds is 8. The van der Waals surface area contributed by atoms with E-state index >= 15 is 0 Å². The molecule has 4 rings (SSSR count). The summed E-state index contributed by atoms with van der Waals surface area (Å²) in [5, 5.41) is 18.9. The molecule has 0 fully saturated rings. The van der Waals surface area contributed by atoms with Crippen LogP contribution in [0.15, 0.2) is 66.9 Å². The highest BCUT2D eigenvalue weighted by Crippen LogP contribution is 2.34. The molecule has 0 saturated carbocycles. The fraction of sp³-hybridized carbons (Fsp3) is 0.120. The Bertz CT molecular complexity index is 1450. The summed E-state index contributed by atoms with van der Waals surface area (Å²) in [6, 6.07) is 15.8. The molecule has 1 amide bonds. The first-order chi connectivity index (χ1) is 17.2. The number of carbonyl (C=O) groups excluding carboxylic acids is 1. The van der Waals surface area contributed by atoms with E-state index in [0.29, 0.717) is 10.8 Å². The van der Waals surface area contributed by atoms with E-state index in [0.717, 1.165) is 11.1 Å². The van der Waals surface area contributed by atoms with Crippen LogP contribution in [-0.2, 0) is 6.73 Å². The number of nitro benzene ring substituents is 1. The van der Waals surface area contributed by atoms with Crippen LogP contribution in [0.5, 0.6) is 17.2 Å². The molecule has 11 heteroatoms. The molecule has 0 radical (unpaired) electrons. The van der Waals surface area contributed by atoms with Crippen molar-refractivity contribution < 1.29 is 19.2 Å². The number of nitro groups is 1. The zero-order valence-corrected chi connectivity index (χ0v) is 20.7. The molecule has 0 atom stereocenters. The first-order valence-corrected chi connectivity index (χ1v) is 11.4. The van der Waals surface area contributed by atoms with Crippen molar-refractivity contribution in [3.63, 3.8) is 0 Å². The molecule has 0 aliphatic carbocycles. The van der Waals surface area contributed by atoms with Gasteiger partial charge in [-0.05, 0) is 49.7 Å². The monoisotopic (exact) mass is 526 g/mol. The van der Waals surface area contributed by atoms with E-state index in [4.69, 9.17) is 32.7 Å². The van der Waals surface area contributed by atoms with Crippen molar-refractivity contribution in [3.05, 3.63) is 104 Å². The minimum atomic E-state index is -0.592. The predicted molar refractivity (Wildman–Crippen MR) is 136 cm³/mol. The molecule has 3 aromatic carbocycles. The van der Waals surface area contributed by atoms with E-state index in [2.05, 4.69) is 10.4 Å². The van der Waals surface area contributed by atoms with Gasteiger partial charge in [-0.3, -0.25) is 14.9 Å². The van der Waals surface area contributed by atoms with E-state index in [1.165, 1.54) is 41.1 Å². The van der Waals surface area contributed by atoms with Gasteiger partial charge in [0.05, 0.1) is 21.7 Å². The third-order valence-electron chi connectivity index (χ3n) is 5.04. The molecule has 0 aliphatic rings. The molecule has 0 aliphatic heterocycles. The lowest BCUT2D eigenvalue weighted by Gasteiger charge is -2.10. The smallest absolute Gasteiger partial charge is 0.276 e. The van der Waals surface area contributed by atoms with Crippen molar-refractivity contribution in [3.8, 4) is 17.2 Å². The molecule has 0 bridgehead atoms. The summed E-state index contributed by atoms with van der Waals surface area (Å²) in [6.45, 7) is 4.05. The number of carbonyl (C=O) groups is 1. The Morgan fingerprint density at radius 1 is 1.06 bits per heavy atom. The van der Waals surface area contributed by atoms with Crippen molar-refractivity contribution in [1.82, 2.24) is 9.78 Å². The largest absolute Gasteiger partial charge is 0.471 e. The van der Waals surface area contributed by atoms with Crippen LogP contribution in [0.25, 0.3) is 0 Å². The lowest BCUT2D eigenvalue weighted by Crippen LogP contribution is -2.14. The first-order valence-electron chi connectivity index (χ1n) is 10.7. The molecule has 4 aromatic rings. The number of anilines is 1. The Labute approximate surface area is 216 Å². The highest BCUT2D eigenvalue weighted by molar-refractivity contribution is 6.35. The van der Waals surface area contributed by atoms with Gasteiger partial charge in [0.25, 0.3) is 11.6 Å². The number of nitrogens with zero attached hydrogens (tertiary/aromatic N) is 3. The highest BCUT2D eigenvalue weighted by atomic mass is 35.5. The summed E-state index contributed by atoms with van der Waals surface area (Å²) < 4.78 is 12.9. The summed E-state index contributed by atoms with van der Waals surface area (Å²) >= 11 is 12.0. The number of halogens is 2. The van der Waals surface area contributed by atoms with Crippen LogP contribution >= 0.6 is 23.2 Å². The van der Waals surface area contributed by atoms with Crippen LogP contribution < -0.4 is 14.8 Å². The molecule has 0 unspecified atom stereocenters. The zero-order valence-electron chi connectivity index (χ0n) is 19.2. The van der Waals surface area contributed by atoms with E-state index in [1.807, 2.05) is 32.0 Å². The van der Waals surface area contributed by atoms with E-state index in [1.54, 1.807) is 12.3 Å². The lowest BCUT2D eigenvalue weighted by atomic mass is 10.1. The van der Waals surface area contributed by atoms with Gasteiger partial charge in [0, 0.05) is 23.4 Å². The average molecular weight is 527 g/mol. The summed E-state index contributed by atoms with van der Waals surface area (Å²) in [5.41, 5.74) is 2.09. The number of benzene rings is 3. The topological polar surface area (TPSA) is 109 Å². The summed E-state index contributed by atoms with van der Waals surface area (Å²) in [5.74, 6) is 0.515. The Morgan fingerprint density at radius 2 is 1.83 bits per heavy atom. The third kappa shape index (κ3) is 6.12. The summed E-state index contributed by atoms with van der Waals surface area (Å²) in [4.78, 5) is 23.6. The lowest BCUT2D eigenvalue weighted by molar-refractivity contribution is -0.384. The molecular weight excluding hydrogens is 507 g/mol. The number of hydrogen-bond acceptors (Lipinski definition) is 6. The van der Waals surface area contributed by atoms with Gasteiger partial charge in [-0.25, -0.2) is 4.68 Å². The predicted octanol–water partition coefficient (Wildman–Crippen LogP) is 6.80. The molecule has 0 saturated heterocycles. The number of aromatic nitrogens is 2. The summed E-state index contributed by atoms with van der Waals surface area (Å²) in [7, 11) is 0. The van der Waals surface area contributed by atoms with Gasteiger partial charge in [0.1, 0.15) is 17.2 Å². The number of nitrogens with one attached hydrogen (secondary N) is 1. The number of aryl methyl sites for hydroxylation is 2. The van der Waals surface area contributed by atoms with Crippen LogP contribution in [0, 0.1) is 24.0 Å². The van der Waals surface area contributed by atoms with Crippen LogP contribution in [0.2, 0.25) is 10.0 Å². The normalized spacial score (nSPS) is 10.7. The fourth-order valence-electron chi connectivity index (χ4n) is 3.35. The molecular formula is C25H20Cl2N4O5. The van der Waals surface area contributed by atoms with Crippen molar-refractivity contribution in [2.75, 3.05) is 5.32 Å². The van der Waals surface area contributed by atoms with E-state index < -0.39 is 10.8 Å². The number of non-ortho nitro benzene ring substituents is 1. The van der Waals surface area contributed by atoms with E-state index in [-0.39, 0.29) is 40.3 Å². The Morgan fingerprint density at radius 3 is 2.56 bits per heavy atom. The number of amides is 1. The van der Waals surface area contributed by atoms with E-state index in [9.17, 15) is 14.9 Å². The molecule has 1 N–H and O–H groups in total. The average Bonchev–Trinajstić information content (AvgIpc) is 3.29. The Kier molecular flexibility index (Phi) is 7.42. The zero-order chi connectivity index (χ0) is 25.8. The second-order valence-electron chi connectivity index (χ2n) is 7.89. The van der Waals surface area contributed by atoms with Crippen molar-refractivity contribution in [2.45, 2.75) is 20.6 Å². The van der Waals surface area contributed by atoms with Gasteiger partial charge >= 0.3 is 0 Å². The van der Waals surface area contributed by atoms with Gasteiger partial charge in [0.15, 0.2) is 12.4 Å². The molecule has 1 heterocycles. The number of ether oxygens (including phenoxy) is 2. The number of hydrogen-bond donors (Lipinski definition) is 1. The van der Waals surface area contributed by atoms with Crippen LogP contribution in [-0.4, -0.2) is 20.6 Å². The fourth-order valence-corrected chi connectivity index (χ4v) is 3.80. The summed E-state index contributed by atoms with van der Waals surface area (Å²) in [6.07, 6.45) is 1.60. The van der Waals surface area contributed by atoms with Crippen molar-refractivity contribution in [2.24, 2.45) is 0 Å². The molecule has 0 spiro atoms. The second kappa shape index (κ2) is 10.7. The van der Waals surface area contributed by atoms with Crippen LogP contribution in [0.4, 0.5) is 11.4 Å². The van der Waals surface area contributed by atoms with Crippen LogP contribution in [0.1, 0.15) is 21.6 Å². The second-order valence-corrected chi connectivity index (χ2v) is 8.73. The van der Waals surface area contributed by atoms with Gasteiger partial charge in [-0.1, -0.05) is 40.9 Å². The van der Waals surface area contributed by atoms with Crippen molar-refractivity contribution in [1.29, 1.82) is 0 Å². The van der Waals surface area contributed by atoms with Gasteiger partial charge < -0.3 is 14.8 Å². The molecule has 36 heavy (non-hydrogen) atoms. The Balaban J connectivity index is 1.48. The third-order valence-corrected chi connectivity index (χ3v) is 5.57. The maximum Gasteiger partial charge on any atom is 0.276 e. The minimum absolute atomic E-state index is 0.105. The van der Waals surface area contributed by atoms with Gasteiger partial charge in [-0.15, -0.1) is 0 Å². The standard InChI is InChI=1S/C25H20Cl2N4O5/c1-15-3-5-23(16(2)9-15)35-14-30-8-7-22(29-30)25(32)28-18-11-19(31(33)34)13-20(12-18)36-24-6-4-17(26)10-21(24)27/h3-13H,14H2,1-2H3,(H,28,32). The molecule has 9 nitrogen and oxygen atoms in total. The first kappa shape index (κ1) is 25.0. The Hall–Kier alpha value is -4.08. The molecule has 184 valence electrons. The maximum absolute atomic E-state index is 12.8. The van der Waals surface area contributed by atoms with Gasteiger partial charge in [0.2, 0.25) is 0 Å². The minimum Gasteiger partial charge on any atom is -0.471 e. The molecule has 1 aromatic heterocycles.